The standard InChI is InChI=1S/C18H21ClN2S/c1-3-13(2)14-8-10-16(11-9-14)21-18(22)20-12-15-6-4-5-7-17(15)19/h4-11,13H,3,12H2,1-2H3,(H2,20,21,22). The first kappa shape index (κ1) is 16.8. The molecule has 0 radical (unpaired) electrons. The summed E-state index contributed by atoms with van der Waals surface area (Å²) in [5.41, 5.74) is 3.37. The lowest BCUT2D eigenvalue weighted by atomic mass is 9.99. The number of nitrogens with one attached hydrogen (secondary N) is 2. The van der Waals surface area contributed by atoms with Crippen molar-refractivity contribution in [3.05, 3.63) is 64.7 Å². The summed E-state index contributed by atoms with van der Waals surface area (Å²) < 4.78 is 0. The number of rotatable bonds is 5. The second-order valence-corrected chi connectivity index (χ2v) is 6.15. The van der Waals surface area contributed by atoms with Crippen LogP contribution in [0.5, 0.6) is 0 Å². The van der Waals surface area contributed by atoms with Crippen LogP contribution in [0.3, 0.4) is 0 Å². The van der Waals surface area contributed by atoms with Crippen LogP contribution < -0.4 is 10.6 Å². The van der Waals surface area contributed by atoms with Crippen LogP contribution in [0.4, 0.5) is 5.69 Å². The summed E-state index contributed by atoms with van der Waals surface area (Å²) in [5, 5.41) is 7.71. The number of thiocarbonyl (C=S) groups is 1. The minimum atomic E-state index is 0.583. The van der Waals surface area contributed by atoms with Gasteiger partial charge in [0, 0.05) is 17.3 Å². The molecule has 0 fully saturated rings. The van der Waals surface area contributed by atoms with Gasteiger partial charge in [-0.3, -0.25) is 0 Å². The fourth-order valence-electron chi connectivity index (χ4n) is 2.12. The Kier molecular flexibility index (Phi) is 6.22. The molecule has 2 rings (SSSR count). The molecular formula is C18H21ClN2S. The molecule has 0 saturated heterocycles. The third kappa shape index (κ3) is 4.72. The topological polar surface area (TPSA) is 24.1 Å². The van der Waals surface area contributed by atoms with Crippen LogP contribution in [-0.2, 0) is 6.54 Å². The van der Waals surface area contributed by atoms with E-state index in [2.05, 4.69) is 48.7 Å². The lowest BCUT2D eigenvalue weighted by Crippen LogP contribution is -2.27. The first-order chi connectivity index (χ1) is 10.6. The van der Waals surface area contributed by atoms with E-state index in [0.717, 1.165) is 22.7 Å². The van der Waals surface area contributed by atoms with Gasteiger partial charge in [-0.15, -0.1) is 0 Å². The SMILES string of the molecule is CCC(C)c1ccc(NC(=S)NCc2ccccc2Cl)cc1. The highest BCUT2D eigenvalue weighted by Gasteiger charge is 2.04. The minimum Gasteiger partial charge on any atom is -0.358 e. The van der Waals surface area contributed by atoms with Crippen molar-refractivity contribution in [3.63, 3.8) is 0 Å². The van der Waals surface area contributed by atoms with Gasteiger partial charge in [0.1, 0.15) is 0 Å². The number of hydrogen-bond acceptors (Lipinski definition) is 1. The van der Waals surface area contributed by atoms with Gasteiger partial charge in [0.2, 0.25) is 0 Å². The normalized spacial score (nSPS) is 11.8. The van der Waals surface area contributed by atoms with Gasteiger partial charge in [-0.05, 0) is 53.9 Å². The molecule has 0 aromatic heterocycles. The molecule has 0 heterocycles. The van der Waals surface area contributed by atoms with E-state index in [4.69, 9.17) is 23.8 Å². The highest BCUT2D eigenvalue weighted by Crippen LogP contribution is 2.20. The molecule has 116 valence electrons. The van der Waals surface area contributed by atoms with Crippen LogP contribution in [0.1, 0.15) is 37.3 Å². The molecule has 0 aliphatic heterocycles. The maximum absolute atomic E-state index is 6.12. The Bertz CT molecular complexity index is 625. The average Bonchev–Trinajstić information content (AvgIpc) is 2.54. The van der Waals surface area contributed by atoms with Crippen molar-refractivity contribution < 1.29 is 0 Å². The molecule has 0 aliphatic carbocycles. The fraction of sp³-hybridized carbons (Fsp3) is 0.278. The summed E-state index contributed by atoms with van der Waals surface area (Å²) in [7, 11) is 0. The van der Waals surface area contributed by atoms with Crippen molar-refractivity contribution in [1.29, 1.82) is 0 Å². The molecule has 2 nitrogen and oxygen atoms in total. The summed E-state index contributed by atoms with van der Waals surface area (Å²) in [4.78, 5) is 0. The van der Waals surface area contributed by atoms with E-state index in [-0.39, 0.29) is 0 Å². The van der Waals surface area contributed by atoms with E-state index in [1.807, 2.05) is 24.3 Å². The van der Waals surface area contributed by atoms with Crippen LogP contribution in [0, 0.1) is 0 Å². The molecule has 0 bridgehead atoms. The lowest BCUT2D eigenvalue weighted by Gasteiger charge is -2.13. The van der Waals surface area contributed by atoms with Gasteiger partial charge in [-0.1, -0.05) is 55.8 Å². The highest BCUT2D eigenvalue weighted by atomic mass is 35.5. The van der Waals surface area contributed by atoms with Crippen molar-refractivity contribution in [2.45, 2.75) is 32.7 Å². The minimum absolute atomic E-state index is 0.583. The van der Waals surface area contributed by atoms with Crippen LogP contribution in [0.2, 0.25) is 5.02 Å². The third-order valence-corrected chi connectivity index (χ3v) is 4.36. The molecular weight excluding hydrogens is 312 g/mol. The van der Waals surface area contributed by atoms with Gasteiger partial charge < -0.3 is 10.6 Å². The summed E-state index contributed by atoms with van der Waals surface area (Å²) in [5.74, 6) is 0.583. The maximum atomic E-state index is 6.12. The number of benzene rings is 2. The molecule has 0 saturated carbocycles. The molecule has 1 unspecified atom stereocenters. The average molecular weight is 333 g/mol. The van der Waals surface area contributed by atoms with E-state index in [1.165, 1.54) is 5.56 Å². The Balaban J connectivity index is 1.88. The van der Waals surface area contributed by atoms with Crippen molar-refractivity contribution >= 4 is 34.6 Å². The highest BCUT2D eigenvalue weighted by molar-refractivity contribution is 7.80. The van der Waals surface area contributed by atoms with Gasteiger partial charge in [0.15, 0.2) is 5.11 Å². The largest absolute Gasteiger partial charge is 0.358 e. The van der Waals surface area contributed by atoms with Gasteiger partial charge in [0.05, 0.1) is 0 Å². The van der Waals surface area contributed by atoms with Crippen molar-refractivity contribution in [2.75, 3.05) is 5.32 Å². The van der Waals surface area contributed by atoms with Crippen LogP contribution in [-0.4, -0.2) is 5.11 Å². The molecule has 0 aliphatic rings. The Labute approximate surface area is 142 Å². The Hall–Kier alpha value is -1.58. The molecule has 2 N–H and O–H groups in total. The molecule has 0 amide bonds. The molecule has 2 aromatic rings. The summed E-state index contributed by atoms with van der Waals surface area (Å²) >= 11 is 11.4. The zero-order valence-corrected chi connectivity index (χ0v) is 14.5. The zero-order valence-electron chi connectivity index (χ0n) is 12.9. The predicted octanol–water partition coefficient (Wildman–Crippen LogP) is 5.34. The second kappa shape index (κ2) is 8.16. The van der Waals surface area contributed by atoms with E-state index in [0.29, 0.717) is 17.6 Å². The number of anilines is 1. The molecule has 2 aromatic carbocycles. The van der Waals surface area contributed by atoms with Crippen LogP contribution >= 0.6 is 23.8 Å². The smallest absolute Gasteiger partial charge is 0.171 e. The van der Waals surface area contributed by atoms with Crippen molar-refractivity contribution in [1.82, 2.24) is 5.32 Å². The number of hydrogen-bond donors (Lipinski definition) is 2. The first-order valence-electron chi connectivity index (χ1n) is 7.48. The van der Waals surface area contributed by atoms with E-state index < -0.39 is 0 Å². The fourth-order valence-corrected chi connectivity index (χ4v) is 2.52. The maximum Gasteiger partial charge on any atom is 0.171 e. The number of halogens is 1. The molecule has 4 heteroatoms. The van der Waals surface area contributed by atoms with E-state index >= 15 is 0 Å². The molecule has 22 heavy (non-hydrogen) atoms. The zero-order chi connectivity index (χ0) is 15.9. The van der Waals surface area contributed by atoms with Gasteiger partial charge >= 0.3 is 0 Å². The van der Waals surface area contributed by atoms with Crippen LogP contribution in [0.15, 0.2) is 48.5 Å². The van der Waals surface area contributed by atoms with E-state index in [9.17, 15) is 0 Å². The monoisotopic (exact) mass is 332 g/mol. The summed E-state index contributed by atoms with van der Waals surface area (Å²) in [6, 6.07) is 16.2. The Morgan fingerprint density at radius 2 is 1.82 bits per heavy atom. The van der Waals surface area contributed by atoms with Gasteiger partial charge in [0.25, 0.3) is 0 Å². The molecule has 0 spiro atoms. The predicted molar refractivity (Wildman–Crippen MR) is 99.7 cm³/mol. The summed E-state index contributed by atoms with van der Waals surface area (Å²) in [6.45, 7) is 5.04. The second-order valence-electron chi connectivity index (χ2n) is 5.33. The van der Waals surface area contributed by atoms with E-state index in [1.54, 1.807) is 0 Å². The first-order valence-corrected chi connectivity index (χ1v) is 8.27. The Morgan fingerprint density at radius 3 is 2.45 bits per heavy atom. The summed E-state index contributed by atoms with van der Waals surface area (Å²) in [6.07, 6.45) is 1.14. The lowest BCUT2D eigenvalue weighted by molar-refractivity contribution is 0.734. The van der Waals surface area contributed by atoms with Crippen LogP contribution in [0.25, 0.3) is 0 Å². The third-order valence-electron chi connectivity index (χ3n) is 3.75. The van der Waals surface area contributed by atoms with Gasteiger partial charge in [-0.2, -0.15) is 0 Å². The van der Waals surface area contributed by atoms with Crippen molar-refractivity contribution in [3.8, 4) is 0 Å². The van der Waals surface area contributed by atoms with Gasteiger partial charge in [-0.25, -0.2) is 0 Å². The van der Waals surface area contributed by atoms with Crippen molar-refractivity contribution in [2.24, 2.45) is 0 Å². The molecule has 1 atom stereocenters. The quantitative estimate of drug-likeness (QED) is 0.723. The Morgan fingerprint density at radius 1 is 1.14 bits per heavy atom.